The average Bonchev–Trinajstić information content (AvgIpc) is 2.23. The molecule has 5 nitrogen and oxygen atoms in total. The average molecular weight is 285 g/mol. The first-order valence-corrected chi connectivity index (χ1v) is 9.87. The first-order chi connectivity index (χ1) is 8.53. The Morgan fingerprint density at radius 1 is 1.42 bits per heavy atom. The Morgan fingerprint density at radius 2 is 2.00 bits per heavy atom. The minimum Gasteiger partial charge on any atom is -0.409 e. The van der Waals surface area contributed by atoms with Crippen molar-refractivity contribution in [2.75, 3.05) is 0 Å². The Morgan fingerprint density at radius 3 is 2.47 bits per heavy atom. The maximum Gasteiger partial charge on any atom is 0.192 e. The SMILES string of the molecule is CC(C)(C)[Si](C)(C)O[C@]1(C)CCCC(N=[N+]=[N-])[C@H]1O. The summed E-state index contributed by atoms with van der Waals surface area (Å²) < 4.78 is 6.43. The van der Waals surface area contributed by atoms with Crippen LogP contribution >= 0.6 is 0 Å². The van der Waals surface area contributed by atoms with Crippen LogP contribution in [0.1, 0.15) is 47.0 Å². The van der Waals surface area contributed by atoms with E-state index >= 15 is 0 Å². The summed E-state index contributed by atoms with van der Waals surface area (Å²) in [5.41, 5.74) is 7.99. The molecule has 0 bridgehead atoms. The molecule has 1 saturated carbocycles. The van der Waals surface area contributed by atoms with Crippen LogP contribution in [0.2, 0.25) is 18.1 Å². The highest BCUT2D eigenvalue weighted by atomic mass is 28.4. The van der Waals surface area contributed by atoms with Gasteiger partial charge in [0, 0.05) is 4.91 Å². The lowest BCUT2D eigenvalue weighted by Crippen LogP contribution is -2.58. The summed E-state index contributed by atoms with van der Waals surface area (Å²) >= 11 is 0. The Hall–Kier alpha value is -0.553. The molecule has 0 amide bonds. The molecule has 0 heterocycles. The van der Waals surface area contributed by atoms with Crippen LogP contribution in [0.25, 0.3) is 10.4 Å². The number of azide groups is 1. The maximum absolute atomic E-state index is 10.5. The molecule has 1 aliphatic rings. The van der Waals surface area contributed by atoms with Crippen LogP contribution in [0.4, 0.5) is 0 Å². The fraction of sp³-hybridized carbons (Fsp3) is 1.00. The van der Waals surface area contributed by atoms with Crippen molar-refractivity contribution in [3.8, 4) is 0 Å². The number of aliphatic hydroxyl groups excluding tert-OH is 1. The van der Waals surface area contributed by atoms with E-state index in [1.54, 1.807) is 0 Å². The Bertz CT molecular complexity index is 375. The molecule has 0 aliphatic heterocycles. The third-order valence-electron chi connectivity index (χ3n) is 4.66. The first kappa shape index (κ1) is 16.5. The highest BCUT2D eigenvalue weighted by molar-refractivity contribution is 6.74. The molecular formula is C13H27N3O2Si. The minimum absolute atomic E-state index is 0.0984. The molecule has 0 aromatic heterocycles. The van der Waals surface area contributed by atoms with E-state index in [2.05, 4.69) is 43.9 Å². The molecule has 0 aromatic rings. The number of hydrogen-bond acceptors (Lipinski definition) is 3. The van der Waals surface area contributed by atoms with Crippen molar-refractivity contribution < 1.29 is 9.53 Å². The van der Waals surface area contributed by atoms with Gasteiger partial charge in [-0.05, 0) is 43.4 Å². The van der Waals surface area contributed by atoms with E-state index in [0.717, 1.165) is 19.3 Å². The molecule has 1 fully saturated rings. The second kappa shape index (κ2) is 5.44. The van der Waals surface area contributed by atoms with Crippen molar-refractivity contribution in [2.24, 2.45) is 5.11 Å². The fourth-order valence-corrected chi connectivity index (χ4v) is 4.10. The van der Waals surface area contributed by atoms with E-state index in [9.17, 15) is 5.11 Å². The quantitative estimate of drug-likeness (QED) is 0.368. The van der Waals surface area contributed by atoms with Crippen molar-refractivity contribution in [3.63, 3.8) is 0 Å². The monoisotopic (exact) mass is 285 g/mol. The van der Waals surface area contributed by atoms with Crippen molar-refractivity contribution in [1.82, 2.24) is 0 Å². The van der Waals surface area contributed by atoms with Gasteiger partial charge in [-0.1, -0.05) is 32.3 Å². The lowest BCUT2D eigenvalue weighted by Gasteiger charge is -2.49. The van der Waals surface area contributed by atoms with Crippen LogP contribution in [-0.4, -0.2) is 31.2 Å². The molecular weight excluding hydrogens is 258 g/mol. The van der Waals surface area contributed by atoms with E-state index in [1.165, 1.54) is 0 Å². The topological polar surface area (TPSA) is 78.2 Å². The van der Waals surface area contributed by atoms with Gasteiger partial charge >= 0.3 is 0 Å². The van der Waals surface area contributed by atoms with Crippen molar-refractivity contribution >= 4 is 8.32 Å². The molecule has 6 heteroatoms. The van der Waals surface area contributed by atoms with Crippen LogP contribution < -0.4 is 0 Å². The molecule has 1 N–H and O–H groups in total. The normalized spacial score (nSPS) is 32.8. The zero-order valence-electron chi connectivity index (χ0n) is 13.0. The van der Waals surface area contributed by atoms with Gasteiger partial charge in [-0.2, -0.15) is 0 Å². The third-order valence-corrected chi connectivity index (χ3v) is 9.25. The number of rotatable bonds is 3. The second-order valence-corrected chi connectivity index (χ2v) is 12.0. The Balaban J connectivity index is 2.94. The molecule has 110 valence electrons. The van der Waals surface area contributed by atoms with E-state index in [1.807, 2.05) is 6.92 Å². The van der Waals surface area contributed by atoms with E-state index < -0.39 is 20.0 Å². The Kier molecular flexibility index (Phi) is 4.73. The van der Waals surface area contributed by atoms with Gasteiger partial charge in [0.05, 0.1) is 17.7 Å². The summed E-state index contributed by atoms with van der Waals surface area (Å²) in [6, 6.07) is -0.367. The molecule has 1 aliphatic carbocycles. The predicted octanol–water partition coefficient (Wildman–Crippen LogP) is 3.99. The number of hydrogen-bond donors (Lipinski definition) is 1. The third kappa shape index (κ3) is 3.51. The van der Waals surface area contributed by atoms with Gasteiger partial charge in [0.15, 0.2) is 8.32 Å². The van der Waals surface area contributed by atoms with Crippen LogP contribution in [0.15, 0.2) is 5.11 Å². The molecule has 1 rings (SSSR count). The summed E-state index contributed by atoms with van der Waals surface area (Å²) in [7, 11) is -1.95. The highest BCUT2D eigenvalue weighted by Gasteiger charge is 2.48. The summed E-state index contributed by atoms with van der Waals surface area (Å²) in [5.74, 6) is 0. The summed E-state index contributed by atoms with van der Waals surface area (Å²) in [6.07, 6.45) is 1.76. The lowest BCUT2D eigenvalue weighted by atomic mass is 9.81. The van der Waals surface area contributed by atoms with E-state index in [0.29, 0.717) is 0 Å². The molecule has 19 heavy (non-hydrogen) atoms. The van der Waals surface area contributed by atoms with Gasteiger partial charge in [0.1, 0.15) is 0 Å². The number of aliphatic hydroxyl groups is 1. The molecule has 3 atom stereocenters. The van der Waals surface area contributed by atoms with Gasteiger partial charge in [-0.3, -0.25) is 0 Å². The Labute approximate surface area is 117 Å². The lowest BCUT2D eigenvalue weighted by molar-refractivity contribution is -0.0853. The molecule has 0 aromatic carbocycles. The number of nitrogens with zero attached hydrogens (tertiary/aromatic N) is 3. The standard InChI is InChI=1S/C13H27N3O2Si/c1-12(2,3)19(5,6)18-13(4)9-7-8-10(11(13)17)15-16-14/h10-11,17H,7-9H2,1-6H3/t10?,11-,13-/m1/s1. The molecule has 1 unspecified atom stereocenters. The zero-order valence-corrected chi connectivity index (χ0v) is 14.0. The van der Waals surface area contributed by atoms with Gasteiger partial charge in [0.25, 0.3) is 0 Å². The van der Waals surface area contributed by atoms with Crippen LogP contribution in [0, 0.1) is 0 Å². The van der Waals surface area contributed by atoms with Gasteiger partial charge < -0.3 is 9.53 Å². The largest absolute Gasteiger partial charge is 0.409 e. The van der Waals surface area contributed by atoms with Crippen molar-refractivity contribution in [1.29, 1.82) is 0 Å². The van der Waals surface area contributed by atoms with Crippen LogP contribution in [0.5, 0.6) is 0 Å². The van der Waals surface area contributed by atoms with Crippen molar-refractivity contribution in [2.45, 2.75) is 82.8 Å². The van der Waals surface area contributed by atoms with Crippen LogP contribution in [-0.2, 0) is 4.43 Å². The second-order valence-electron chi connectivity index (χ2n) is 7.28. The summed E-state index contributed by atoms with van der Waals surface area (Å²) in [5, 5.41) is 14.3. The minimum atomic E-state index is -1.95. The fourth-order valence-electron chi connectivity index (χ4n) is 2.41. The van der Waals surface area contributed by atoms with E-state index in [-0.39, 0.29) is 11.1 Å². The van der Waals surface area contributed by atoms with E-state index in [4.69, 9.17) is 9.96 Å². The maximum atomic E-state index is 10.5. The van der Waals surface area contributed by atoms with Gasteiger partial charge in [-0.25, -0.2) is 0 Å². The predicted molar refractivity (Wildman–Crippen MR) is 79.5 cm³/mol. The smallest absolute Gasteiger partial charge is 0.192 e. The first-order valence-electron chi connectivity index (χ1n) is 6.96. The molecule has 0 radical (unpaired) electrons. The van der Waals surface area contributed by atoms with Crippen molar-refractivity contribution in [3.05, 3.63) is 10.4 Å². The zero-order chi connectivity index (χ0) is 14.9. The summed E-state index contributed by atoms with van der Waals surface area (Å²) in [4.78, 5) is 2.84. The molecule has 0 saturated heterocycles. The van der Waals surface area contributed by atoms with Crippen LogP contribution in [0.3, 0.4) is 0 Å². The van der Waals surface area contributed by atoms with Gasteiger partial charge in [0.2, 0.25) is 0 Å². The molecule has 0 spiro atoms. The summed E-state index contributed by atoms with van der Waals surface area (Å²) in [6.45, 7) is 12.9. The van der Waals surface area contributed by atoms with Gasteiger partial charge in [-0.15, -0.1) is 0 Å². The highest BCUT2D eigenvalue weighted by Crippen LogP contribution is 2.43.